The van der Waals surface area contributed by atoms with Gasteiger partial charge in [0, 0.05) is 10.6 Å². The summed E-state index contributed by atoms with van der Waals surface area (Å²) in [5.41, 5.74) is 1.74. The summed E-state index contributed by atoms with van der Waals surface area (Å²) >= 11 is 5.87. The van der Waals surface area contributed by atoms with Crippen LogP contribution in [0.15, 0.2) is 59.6 Å². The number of rotatable bonds is 3. The van der Waals surface area contributed by atoms with Crippen molar-refractivity contribution in [3.63, 3.8) is 0 Å². The molecular weight excluding hydrogens is 277 g/mol. The lowest BCUT2D eigenvalue weighted by Crippen LogP contribution is -2.16. The smallest absolute Gasteiger partial charge is 0.217 e. The second-order valence-corrected chi connectivity index (χ2v) is 5.05. The Morgan fingerprint density at radius 2 is 1.75 bits per heavy atom. The molecule has 0 bridgehead atoms. The molecule has 2 aromatic rings. The molecule has 0 spiro atoms. The van der Waals surface area contributed by atoms with E-state index in [4.69, 9.17) is 16.3 Å². The summed E-state index contributed by atoms with van der Waals surface area (Å²) in [6, 6.07) is 16.3. The van der Waals surface area contributed by atoms with Crippen molar-refractivity contribution in [1.82, 2.24) is 0 Å². The Kier molecular flexibility index (Phi) is 3.70. The van der Waals surface area contributed by atoms with E-state index < -0.39 is 18.8 Å². The van der Waals surface area contributed by atoms with Gasteiger partial charge in [0.15, 0.2) is 6.10 Å². The van der Waals surface area contributed by atoms with Crippen molar-refractivity contribution in [1.29, 1.82) is 0 Å². The number of alkyl halides is 1. The molecule has 0 N–H and O–H groups in total. The summed E-state index contributed by atoms with van der Waals surface area (Å²) in [6.07, 6.45) is -0.396. The summed E-state index contributed by atoms with van der Waals surface area (Å²) in [5.74, 6) is 0.494. The Morgan fingerprint density at radius 3 is 2.40 bits per heavy atom. The van der Waals surface area contributed by atoms with Gasteiger partial charge in [-0.2, -0.15) is 0 Å². The fourth-order valence-corrected chi connectivity index (χ4v) is 2.35. The van der Waals surface area contributed by atoms with Crippen LogP contribution in [0.4, 0.5) is 4.39 Å². The van der Waals surface area contributed by atoms with Crippen LogP contribution < -0.4 is 0 Å². The van der Waals surface area contributed by atoms with E-state index in [0.29, 0.717) is 10.9 Å². The Bertz CT molecular complexity index is 612. The molecule has 2 nitrogen and oxygen atoms in total. The fourth-order valence-electron chi connectivity index (χ4n) is 2.23. The molecule has 0 fully saturated rings. The predicted molar refractivity (Wildman–Crippen MR) is 78.0 cm³/mol. The van der Waals surface area contributed by atoms with Gasteiger partial charge in [0.25, 0.3) is 0 Å². The first kappa shape index (κ1) is 13.1. The number of halogens is 2. The van der Waals surface area contributed by atoms with E-state index in [1.807, 2.05) is 42.5 Å². The molecule has 0 saturated heterocycles. The van der Waals surface area contributed by atoms with E-state index in [2.05, 4.69) is 4.99 Å². The molecule has 0 amide bonds. The van der Waals surface area contributed by atoms with E-state index in [1.165, 1.54) is 0 Å². The topological polar surface area (TPSA) is 21.6 Å². The zero-order valence-electron chi connectivity index (χ0n) is 10.7. The van der Waals surface area contributed by atoms with Crippen LogP contribution in [0.3, 0.4) is 0 Å². The Morgan fingerprint density at radius 1 is 1.05 bits per heavy atom. The van der Waals surface area contributed by atoms with E-state index in [1.54, 1.807) is 12.1 Å². The lowest BCUT2D eigenvalue weighted by atomic mass is 10.0. The van der Waals surface area contributed by atoms with Gasteiger partial charge in [-0.25, -0.2) is 9.38 Å². The molecule has 1 heterocycles. The van der Waals surface area contributed by atoms with Crippen LogP contribution in [-0.2, 0) is 4.74 Å². The average Bonchev–Trinajstić information content (AvgIpc) is 2.93. The van der Waals surface area contributed by atoms with Crippen molar-refractivity contribution in [2.45, 2.75) is 12.1 Å². The van der Waals surface area contributed by atoms with Gasteiger partial charge in [-0.1, -0.05) is 41.9 Å². The van der Waals surface area contributed by atoms with Crippen LogP contribution >= 0.6 is 11.6 Å². The Balaban J connectivity index is 1.87. The van der Waals surface area contributed by atoms with Crippen molar-refractivity contribution in [2.75, 3.05) is 6.67 Å². The highest BCUT2D eigenvalue weighted by Gasteiger charge is 2.32. The number of nitrogens with zero attached hydrogens (tertiary/aromatic N) is 1. The standard InChI is InChI=1S/C16H13ClFNO/c17-13-8-6-11(7-9-13)15-14(10-18)19-16(20-15)12-4-2-1-3-5-12/h1-9,14-15H,10H2/t14-,15-/m1/s1. The third-order valence-electron chi connectivity index (χ3n) is 3.25. The summed E-state index contributed by atoms with van der Waals surface area (Å²) in [7, 11) is 0. The molecule has 3 rings (SSSR count). The molecule has 1 aliphatic rings. The molecule has 102 valence electrons. The minimum atomic E-state index is -0.552. The first-order valence-electron chi connectivity index (χ1n) is 6.39. The van der Waals surface area contributed by atoms with E-state index >= 15 is 0 Å². The molecule has 4 heteroatoms. The number of benzene rings is 2. The quantitative estimate of drug-likeness (QED) is 0.830. The van der Waals surface area contributed by atoms with Crippen molar-refractivity contribution < 1.29 is 9.13 Å². The molecule has 0 saturated carbocycles. The van der Waals surface area contributed by atoms with Gasteiger partial charge in [0.2, 0.25) is 5.90 Å². The van der Waals surface area contributed by atoms with Gasteiger partial charge in [-0.05, 0) is 29.8 Å². The summed E-state index contributed by atoms with van der Waals surface area (Å²) in [6.45, 7) is -0.552. The molecule has 0 radical (unpaired) electrons. The highest BCUT2D eigenvalue weighted by Crippen LogP contribution is 2.31. The lowest BCUT2D eigenvalue weighted by molar-refractivity contribution is 0.181. The van der Waals surface area contributed by atoms with Crippen molar-refractivity contribution in [3.8, 4) is 0 Å². The summed E-state index contributed by atoms with van der Waals surface area (Å²) in [4.78, 5) is 4.34. The highest BCUT2D eigenvalue weighted by molar-refractivity contribution is 6.30. The third-order valence-corrected chi connectivity index (χ3v) is 3.50. The second kappa shape index (κ2) is 5.63. The van der Waals surface area contributed by atoms with Gasteiger partial charge in [0.1, 0.15) is 12.7 Å². The van der Waals surface area contributed by atoms with Gasteiger partial charge < -0.3 is 4.74 Å². The van der Waals surface area contributed by atoms with Crippen molar-refractivity contribution in [3.05, 3.63) is 70.7 Å². The maximum atomic E-state index is 13.2. The summed E-state index contributed by atoms with van der Waals surface area (Å²) in [5, 5.41) is 0.646. The molecular formula is C16H13ClFNO. The molecule has 0 aliphatic carbocycles. The van der Waals surface area contributed by atoms with Crippen LogP contribution in [0.2, 0.25) is 5.02 Å². The SMILES string of the molecule is FC[C@H]1N=C(c2ccccc2)O[C@@H]1c1ccc(Cl)cc1. The minimum absolute atomic E-state index is 0.396. The Labute approximate surface area is 121 Å². The van der Waals surface area contributed by atoms with Crippen LogP contribution in [0.1, 0.15) is 17.2 Å². The maximum Gasteiger partial charge on any atom is 0.217 e. The van der Waals surface area contributed by atoms with E-state index in [0.717, 1.165) is 11.1 Å². The van der Waals surface area contributed by atoms with Gasteiger partial charge in [0.05, 0.1) is 0 Å². The number of aliphatic imine (C=N–C) groups is 1. The van der Waals surface area contributed by atoms with Crippen LogP contribution in [-0.4, -0.2) is 18.6 Å². The molecule has 20 heavy (non-hydrogen) atoms. The average molecular weight is 290 g/mol. The van der Waals surface area contributed by atoms with Gasteiger partial charge in [-0.15, -0.1) is 0 Å². The Hall–Kier alpha value is -1.87. The van der Waals surface area contributed by atoms with Crippen LogP contribution in [0, 0.1) is 0 Å². The van der Waals surface area contributed by atoms with Gasteiger partial charge >= 0.3 is 0 Å². The molecule has 0 unspecified atom stereocenters. The first-order chi connectivity index (χ1) is 9.78. The molecule has 0 aromatic heterocycles. The second-order valence-electron chi connectivity index (χ2n) is 4.61. The third kappa shape index (κ3) is 2.54. The first-order valence-corrected chi connectivity index (χ1v) is 6.77. The zero-order valence-corrected chi connectivity index (χ0v) is 11.4. The summed E-state index contributed by atoms with van der Waals surface area (Å²) < 4.78 is 19.0. The van der Waals surface area contributed by atoms with E-state index in [-0.39, 0.29) is 0 Å². The van der Waals surface area contributed by atoms with Crippen LogP contribution in [0.25, 0.3) is 0 Å². The molecule has 1 aliphatic heterocycles. The number of ether oxygens (including phenoxy) is 1. The number of hydrogen-bond acceptors (Lipinski definition) is 2. The lowest BCUT2D eigenvalue weighted by Gasteiger charge is -2.16. The van der Waals surface area contributed by atoms with Crippen molar-refractivity contribution >= 4 is 17.5 Å². The normalized spacial score (nSPS) is 21.4. The molecule has 2 atom stereocenters. The fraction of sp³-hybridized carbons (Fsp3) is 0.188. The monoisotopic (exact) mass is 289 g/mol. The van der Waals surface area contributed by atoms with Crippen LogP contribution in [0.5, 0.6) is 0 Å². The minimum Gasteiger partial charge on any atom is -0.467 e. The largest absolute Gasteiger partial charge is 0.467 e. The van der Waals surface area contributed by atoms with Gasteiger partial charge in [-0.3, -0.25) is 0 Å². The van der Waals surface area contributed by atoms with Crippen molar-refractivity contribution in [2.24, 2.45) is 4.99 Å². The number of hydrogen-bond donors (Lipinski definition) is 0. The predicted octanol–water partition coefficient (Wildman–Crippen LogP) is 4.20. The molecule has 2 aromatic carbocycles. The zero-order chi connectivity index (χ0) is 13.9. The van der Waals surface area contributed by atoms with E-state index in [9.17, 15) is 4.39 Å². The maximum absolute atomic E-state index is 13.2. The highest BCUT2D eigenvalue weighted by atomic mass is 35.5.